The molecule has 1 unspecified atom stereocenters. The second-order valence-corrected chi connectivity index (χ2v) is 4.97. The van der Waals surface area contributed by atoms with Crippen LogP contribution in [0.2, 0.25) is 0 Å². The molecule has 0 fully saturated rings. The Morgan fingerprint density at radius 3 is 2.32 bits per heavy atom. The molecule has 0 aromatic heterocycles. The first-order valence-electron chi connectivity index (χ1n) is 6.59. The van der Waals surface area contributed by atoms with E-state index in [2.05, 4.69) is 5.92 Å². The molecular formula is C18H14F2O2. The minimum Gasteiger partial charge on any atom is -0.442 e. The second-order valence-electron chi connectivity index (χ2n) is 4.97. The number of ether oxygens (including phenoxy) is 1. The van der Waals surface area contributed by atoms with Crippen LogP contribution >= 0.6 is 0 Å². The molecule has 0 amide bonds. The normalized spacial score (nSPS) is 13.0. The number of benzene rings is 2. The number of hydrogen-bond donors (Lipinski definition) is 0. The maximum absolute atomic E-state index is 13.8. The van der Waals surface area contributed by atoms with Gasteiger partial charge in [0.05, 0.1) is 0 Å². The molecule has 22 heavy (non-hydrogen) atoms. The van der Waals surface area contributed by atoms with Crippen molar-refractivity contribution in [3.05, 3.63) is 59.7 Å². The van der Waals surface area contributed by atoms with Crippen molar-refractivity contribution in [1.29, 1.82) is 0 Å². The molecule has 0 radical (unpaired) electrons. The summed E-state index contributed by atoms with van der Waals surface area (Å²) in [5, 5.41) is 0. The van der Waals surface area contributed by atoms with E-state index in [-0.39, 0.29) is 5.56 Å². The van der Waals surface area contributed by atoms with E-state index in [1.807, 2.05) is 0 Å². The van der Waals surface area contributed by atoms with Crippen LogP contribution in [0.5, 0.6) is 0 Å². The van der Waals surface area contributed by atoms with Gasteiger partial charge in [0.2, 0.25) is 0 Å². The maximum Gasteiger partial charge on any atom is 0.304 e. The van der Waals surface area contributed by atoms with Crippen LogP contribution in [-0.4, -0.2) is 5.97 Å². The minimum absolute atomic E-state index is 0.280. The highest BCUT2D eigenvalue weighted by Crippen LogP contribution is 2.29. The SMILES string of the molecule is C#CC(C)(OC(C)=O)c1ccc(-c2ccc(F)cc2F)cc1. The van der Waals surface area contributed by atoms with E-state index in [0.717, 1.165) is 6.07 Å². The summed E-state index contributed by atoms with van der Waals surface area (Å²) in [6.45, 7) is 2.87. The van der Waals surface area contributed by atoms with Gasteiger partial charge < -0.3 is 4.74 Å². The van der Waals surface area contributed by atoms with Crippen LogP contribution in [0.4, 0.5) is 8.78 Å². The zero-order valence-electron chi connectivity index (χ0n) is 12.2. The summed E-state index contributed by atoms with van der Waals surface area (Å²) >= 11 is 0. The van der Waals surface area contributed by atoms with E-state index < -0.39 is 23.2 Å². The van der Waals surface area contributed by atoms with Gasteiger partial charge in [0.25, 0.3) is 0 Å². The maximum atomic E-state index is 13.8. The molecule has 2 aromatic carbocycles. The van der Waals surface area contributed by atoms with E-state index in [9.17, 15) is 13.6 Å². The number of rotatable bonds is 3. The van der Waals surface area contributed by atoms with Gasteiger partial charge in [-0.15, -0.1) is 6.42 Å². The Morgan fingerprint density at radius 2 is 1.82 bits per heavy atom. The summed E-state index contributed by atoms with van der Waals surface area (Å²) in [5.74, 6) is 0.668. The van der Waals surface area contributed by atoms with E-state index in [1.165, 1.54) is 19.1 Å². The molecule has 0 bridgehead atoms. The summed E-state index contributed by atoms with van der Waals surface area (Å²) in [4.78, 5) is 11.2. The second kappa shape index (κ2) is 5.98. The van der Waals surface area contributed by atoms with E-state index >= 15 is 0 Å². The number of terminal acetylenes is 1. The number of esters is 1. The van der Waals surface area contributed by atoms with Gasteiger partial charge in [0.1, 0.15) is 11.6 Å². The molecule has 0 saturated carbocycles. The van der Waals surface area contributed by atoms with Crippen molar-refractivity contribution in [2.24, 2.45) is 0 Å². The lowest BCUT2D eigenvalue weighted by Gasteiger charge is -2.24. The van der Waals surface area contributed by atoms with Crippen molar-refractivity contribution < 1.29 is 18.3 Å². The first-order chi connectivity index (χ1) is 10.4. The molecular weight excluding hydrogens is 286 g/mol. The number of carbonyl (C=O) groups is 1. The van der Waals surface area contributed by atoms with Gasteiger partial charge >= 0.3 is 5.97 Å². The third-order valence-electron chi connectivity index (χ3n) is 3.30. The Hall–Kier alpha value is -2.67. The fraction of sp³-hybridized carbons (Fsp3) is 0.167. The van der Waals surface area contributed by atoms with Crippen LogP contribution in [0, 0.1) is 24.0 Å². The molecule has 0 spiro atoms. The summed E-state index contributed by atoms with van der Waals surface area (Å²) < 4.78 is 31.9. The smallest absolute Gasteiger partial charge is 0.304 e. The largest absolute Gasteiger partial charge is 0.442 e. The first-order valence-corrected chi connectivity index (χ1v) is 6.59. The van der Waals surface area contributed by atoms with Crippen molar-refractivity contribution in [2.75, 3.05) is 0 Å². The lowest BCUT2D eigenvalue weighted by Crippen LogP contribution is -2.26. The molecule has 0 saturated heterocycles. The Balaban J connectivity index is 2.38. The van der Waals surface area contributed by atoms with Gasteiger partial charge in [-0.2, -0.15) is 0 Å². The van der Waals surface area contributed by atoms with Gasteiger partial charge in [-0.3, -0.25) is 4.79 Å². The van der Waals surface area contributed by atoms with Crippen molar-refractivity contribution >= 4 is 5.97 Å². The molecule has 1 atom stereocenters. The third-order valence-corrected chi connectivity index (χ3v) is 3.30. The highest BCUT2D eigenvalue weighted by Gasteiger charge is 2.27. The van der Waals surface area contributed by atoms with Crippen molar-refractivity contribution in [3.8, 4) is 23.5 Å². The molecule has 0 N–H and O–H groups in total. The Kier molecular flexibility index (Phi) is 4.27. The number of carbonyl (C=O) groups excluding carboxylic acids is 1. The molecule has 2 aromatic rings. The first kappa shape index (κ1) is 15.7. The minimum atomic E-state index is -1.19. The van der Waals surface area contributed by atoms with Gasteiger partial charge in [-0.25, -0.2) is 8.78 Å². The zero-order chi connectivity index (χ0) is 16.3. The number of halogens is 2. The predicted octanol–water partition coefficient (Wildman–Crippen LogP) is 4.04. The molecule has 0 aliphatic carbocycles. The number of hydrogen-bond acceptors (Lipinski definition) is 2. The summed E-state index contributed by atoms with van der Waals surface area (Å²) in [7, 11) is 0. The van der Waals surface area contributed by atoms with Crippen LogP contribution in [0.15, 0.2) is 42.5 Å². The summed E-state index contributed by atoms with van der Waals surface area (Å²) in [6, 6.07) is 9.98. The van der Waals surface area contributed by atoms with Gasteiger partial charge in [-0.05, 0) is 24.6 Å². The third kappa shape index (κ3) is 3.15. The predicted molar refractivity (Wildman–Crippen MR) is 79.7 cm³/mol. The standard InChI is InChI=1S/C18H14F2O2/c1-4-18(3,22-12(2)21)14-7-5-13(6-8-14)16-10-9-15(19)11-17(16)20/h1,5-11H,2-3H3. The average molecular weight is 300 g/mol. The van der Waals surface area contributed by atoms with Crippen LogP contribution in [0.25, 0.3) is 11.1 Å². The van der Waals surface area contributed by atoms with Crippen molar-refractivity contribution in [2.45, 2.75) is 19.4 Å². The van der Waals surface area contributed by atoms with Gasteiger partial charge in [-0.1, -0.05) is 30.2 Å². The fourth-order valence-electron chi connectivity index (χ4n) is 2.15. The van der Waals surface area contributed by atoms with E-state index in [1.54, 1.807) is 31.2 Å². The van der Waals surface area contributed by atoms with E-state index in [4.69, 9.17) is 11.2 Å². The Morgan fingerprint density at radius 1 is 1.18 bits per heavy atom. The van der Waals surface area contributed by atoms with Crippen LogP contribution < -0.4 is 0 Å². The zero-order valence-corrected chi connectivity index (χ0v) is 12.2. The van der Waals surface area contributed by atoms with E-state index in [0.29, 0.717) is 11.1 Å². The molecule has 0 aliphatic rings. The van der Waals surface area contributed by atoms with Crippen LogP contribution in [0.3, 0.4) is 0 Å². The monoisotopic (exact) mass is 300 g/mol. The summed E-state index contributed by atoms with van der Waals surface area (Å²) in [5.41, 5.74) is 0.258. The lowest BCUT2D eigenvalue weighted by atomic mass is 9.94. The average Bonchev–Trinajstić information content (AvgIpc) is 2.46. The van der Waals surface area contributed by atoms with Gasteiger partial charge in [0.15, 0.2) is 5.60 Å². The van der Waals surface area contributed by atoms with Gasteiger partial charge in [0, 0.05) is 24.1 Å². The van der Waals surface area contributed by atoms with Crippen LogP contribution in [0.1, 0.15) is 19.4 Å². The van der Waals surface area contributed by atoms with Crippen molar-refractivity contribution in [3.63, 3.8) is 0 Å². The molecule has 2 nitrogen and oxygen atoms in total. The highest BCUT2D eigenvalue weighted by molar-refractivity contribution is 5.68. The van der Waals surface area contributed by atoms with Crippen LogP contribution in [-0.2, 0) is 15.1 Å². The topological polar surface area (TPSA) is 26.3 Å². The lowest BCUT2D eigenvalue weighted by molar-refractivity contribution is -0.151. The molecule has 4 heteroatoms. The van der Waals surface area contributed by atoms with Crippen molar-refractivity contribution in [1.82, 2.24) is 0 Å². The molecule has 2 rings (SSSR count). The molecule has 0 aliphatic heterocycles. The molecule has 112 valence electrons. The molecule has 0 heterocycles. The summed E-state index contributed by atoms with van der Waals surface area (Å²) in [6.07, 6.45) is 5.45. The highest BCUT2D eigenvalue weighted by atomic mass is 19.1. The fourth-order valence-corrected chi connectivity index (χ4v) is 2.15. The Bertz CT molecular complexity index is 745. The Labute approximate surface area is 127 Å². The quantitative estimate of drug-likeness (QED) is 0.631.